The molecule has 0 unspecified atom stereocenters. The number of aromatic nitrogens is 4. The normalized spacial score (nSPS) is 21.4. The second-order valence-corrected chi connectivity index (χ2v) is 19.2. The molecule has 2 aromatic carbocycles. The molecule has 18 heteroatoms. The molecule has 66 heavy (non-hydrogen) atoms. The van der Waals surface area contributed by atoms with E-state index < -0.39 is 24.2 Å². The number of nitrogens with one attached hydrogen (secondary N) is 2. The highest BCUT2D eigenvalue weighted by Crippen LogP contribution is 2.38. The van der Waals surface area contributed by atoms with Gasteiger partial charge < -0.3 is 44.8 Å². The number of rotatable bonds is 12. The first-order valence-corrected chi connectivity index (χ1v) is 23.8. The van der Waals surface area contributed by atoms with Crippen LogP contribution in [-0.2, 0) is 14.4 Å². The molecule has 348 valence electrons. The summed E-state index contributed by atoms with van der Waals surface area (Å²) < 4.78 is 11.8. The van der Waals surface area contributed by atoms with Crippen molar-refractivity contribution in [3.05, 3.63) is 83.2 Å². The summed E-state index contributed by atoms with van der Waals surface area (Å²) in [5.41, 5.74) is 7.03. The molecule has 0 spiro atoms. The number of benzene rings is 2. The van der Waals surface area contributed by atoms with E-state index in [-0.39, 0.29) is 66.1 Å². The molecule has 3 aromatic heterocycles. The number of amides is 3. The van der Waals surface area contributed by atoms with Gasteiger partial charge in [-0.1, -0.05) is 50.2 Å². The van der Waals surface area contributed by atoms with Crippen LogP contribution in [0.4, 0.5) is 11.5 Å². The van der Waals surface area contributed by atoms with E-state index in [1.54, 1.807) is 36.5 Å². The third-order valence-electron chi connectivity index (χ3n) is 13.6. The van der Waals surface area contributed by atoms with Gasteiger partial charge in [-0.3, -0.25) is 19.3 Å². The second kappa shape index (κ2) is 19.0. The van der Waals surface area contributed by atoms with Crippen LogP contribution in [0, 0.1) is 12.8 Å². The average Bonchev–Trinajstić information content (AvgIpc) is 4.08. The number of fused-ring (bicyclic) bond motifs is 3. The summed E-state index contributed by atoms with van der Waals surface area (Å²) in [6, 6.07) is 18.1. The number of piperidine rings is 1. The number of β-amino-alcohol motifs (C(OH)–C–C–N with tert-alkyl or cyclic N) is 1. The quantitative estimate of drug-likeness (QED) is 0.127. The van der Waals surface area contributed by atoms with Crippen molar-refractivity contribution < 1.29 is 33.9 Å². The van der Waals surface area contributed by atoms with Crippen molar-refractivity contribution in [1.29, 1.82) is 0 Å². The Kier molecular flexibility index (Phi) is 13.0. The summed E-state index contributed by atoms with van der Waals surface area (Å²) >= 11 is 1.58. The van der Waals surface area contributed by atoms with E-state index in [2.05, 4.69) is 40.8 Å². The molecular formula is C48H58N10O7S. The monoisotopic (exact) mass is 918 g/mol. The standard InChI is InChI=1S/C48H58N10O7S/c1-27(2)43(48(63)58-25-35(59)20-39(58)46(61)51-28(3)31-10-12-32(13-11-31)44-29(4)50-26-66-44)41-22-42(54-65-41)64-30(5)47(62)55-16-14-33(15-17-55)56-18-19-57-34(24-56)23-49-45-38(57)21-37(52-53-45)36-8-6-7-9-40(36)60/h6-13,21-22,26-28,30,33-35,39,43,59-60H,14-20,23-25H2,1-5H3,(H,49,53)(H,51,61)/t28-,30+,34-,35+,39-,43+/m0/s1. The van der Waals surface area contributed by atoms with Crippen LogP contribution in [-0.4, -0.2) is 139 Å². The Bertz CT molecular complexity index is 2540. The van der Waals surface area contributed by atoms with Gasteiger partial charge in [0.15, 0.2) is 17.7 Å². The maximum atomic E-state index is 14.3. The fourth-order valence-electron chi connectivity index (χ4n) is 10.00. The number of anilines is 2. The molecule has 3 saturated heterocycles. The van der Waals surface area contributed by atoms with Crippen LogP contribution in [0.2, 0.25) is 0 Å². The first-order chi connectivity index (χ1) is 31.8. The second-order valence-electron chi connectivity index (χ2n) is 18.3. The van der Waals surface area contributed by atoms with Gasteiger partial charge in [-0.25, -0.2) is 4.98 Å². The van der Waals surface area contributed by atoms with Crippen molar-refractivity contribution in [3.8, 4) is 33.3 Å². The molecule has 3 amide bonds. The number of piperazine rings is 1. The summed E-state index contributed by atoms with van der Waals surface area (Å²) in [5.74, 6) is -0.619. The van der Waals surface area contributed by atoms with E-state index in [1.807, 2.05) is 80.6 Å². The Morgan fingerprint density at radius 1 is 0.939 bits per heavy atom. The number of aryl methyl sites for hydroxylation is 1. The Balaban J connectivity index is 0.770. The number of nitrogens with zero attached hydrogens (tertiary/aromatic N) is 8. The summed E-state index contributed by atoms with van der Waals surface area (Å²) in [6.07, 6.45) is 0.0968. The van der Waals surface area contributed by atoms with Crippen LogP contribution in [0.15, 0.2) is 70.7 Å². The number of aliphatic hydroxyl groups is 1. The van der Waals surface area contributed by atoms with Crippen molar-refractivity contribution in [1.82, 2.24) is 40.4 Å². The molecule has 0 saturated carbocycles. The molecular weight excluding hydrogens is 861 g/mol. The highest BCUT2D eigenvalue weighted by atomic mass is 32.1. The number of aromatic hydroxyl groups is 1. The lowest BCUT2D eigenvalue weighted by molar-refractivity contribution is -0.141. The molecule has 6 atom stereocenters. The van der Waals surface area contributed by atoms with E-state index in [0.717, 1.165) is 72.2 Å². The van der Waals surface area contributed by atoms with Gasteiger partial charge in [0.1, 0.15) is 17.7 Å². The first-order valence-electron chi connectivity index (χ1n) is 22.9. The maximum absolute atomic E-state index is 14.3. The highest BCUT2D eigenvalue weighted by molar-refractivity contribution is 7.13. The van der Waals surface area contributed by atoms with Crippen LogP contribution in [0.1, 0.15) is 75.9 Å². The topological polar surface area (TPSA) is 203 Å². The summed E-state index contributed by atoms with van der Waals surface area (Å²) in [4.78, 5) is 55.4. The van der Waals surface area contributed by atoms with Gasteiger partial charge in [-0.05, 0) is 74.0 Å². The number of ether oxygens (including phenoxy) is 1. The zero-order valence-electron chi connectivity index (χ0n) is 38.0. The molecule has 0 aliphatic carbocycles. The largest absolute Gasteiger partial charge is 0.507 e. The van der Waals surface area contributed by atoms with Crippen molar-refractivity contribution in [3.63, 3.8) is 0 Å². The number of phenolic OH excluding ortho intramolecular Hbond substituents is 1. The zero-order chi connectivity index (χ0) is 46.2. The van der Waals surface area contributed by atoms with Crippen molar-refractivity contribution in [2.75, 3.05) is 56.0 Å². The number of para-hydroxylation sites is 1. The smallest absolute Gasteiger partial charge is 0.263 e. The van der Waals surface area contributed by atoms with Gasteiger partial charge in [0.05, 0.1) is 45.7 Å². The molecule has 5 aromatic rings. The molecule has 4 aliphatic rings. The molecule has 9 rings (SSSR count). The van der Waals surface area contributed by atoms with Gasteiger partial charge in [0.2, 0.25) is 11.8 Å². The van der Waals surface area contributed by atoms with Gasteiger partial charge in [-0.2, -0.15) is 0 Å². The number of likely N-dealkylation sites (tertiary alicyclic amines) is 2. The number of hydrogen-bond acceptors (Lipinski definition) is 15. The SMILES string of the molecule is Cc1ncsc1-c1ccc([C@H](C)NC(=O)[C@@H]2C[C@@H](O)CN2C(=O)[C@@H](c2cc(O[C@H](C)C(=O)N3CCC(N4CCN5c6cc(-c7ccccc7O)nnc6NC[C@H]5C4)CC3)no2)C(C)C)cc1. The number of hydrogen-bond donors (Lipinski definition) is 4. The fourth-order valence-corrected chi connectivity index (χ4v) is 10.8. The minimum absolute atomic E-state index is 0.0119. The number of aliphatic hydroxyl groups excluding tert-OH is 1. The molecule has 0 bridgehead atoms. The van der Waals surface area contributed by atoms with Crippen LogP contribution < -0.4 is 20.3 Å². The van der Waals surface area contributed by atoms with Crippen molar-refractivity contribution >= 4 is 40.6 Å². The van der Waals surface area contributed by atoms with E-state index in [1.165, 1.54) is 4.90 Å². The van der Waals surface area contributed by atoms with Gasteiger partial charge >= 0.3 is 0 Å². The third-order valence-corrected chi connectivity index (χ3v) is 14.6. The van der Waals surface area contributed by atoms with Crippen molar-refractivity contribution in [2.45, 2.75) is 96.2 Å². The van der Waals surface area contributed by atoms with E-state index >= 15 is 0 Å². The van der Waals surface area contributed by atoms with E-state index in [0.29, 0.717) is 30.4 Å². The van der Waals surface area contributed by atoms with Gasteiger partial charge in [0.25, 0.3) is 11.8 Å². The van der Waals surface area contributed by atoms with Crippen molar-refractivity contribution in [2.24, 2.45) is 5.92 Å². The van der Waals surface area contributed by atoms with Gasteiger partial charge in [-0.15, -0.1) is 21.5 Å². The molecule has 4 aliphatic heterocycles. The summed E-state index contributed by atoms with van der Waals surface area (Å²) in [5, 5.41) is 40.6. The Hall–Kier alpha value is -6.11. The summed E-state index contributed by atoms with van der Waals surface area (Å²) in [7, 11) is 0. The van der Waals surface area contributed by atoms with Crippen LogP contribution in [0.3, 0.4) is 0 Å². The third kappa shape index (κ3) is 9.18. The number of carbonyl (C=O) groups is 3. The number of thiazole rings is 1. The summed E-state index contributed by atoms with van der Waals surface area (Å²) in [6.45, 7) is 13.9. The fraction of sp³-hybridized carbons (Fsp3) is 0.479. The lowest BCUT2D eigenvalue weighted by Gasteiger charge is -2.49. The minimum atomic E-state index is -0.872. The Labute approximate surface area is 388 Å². The molecule has 3 fully saturated rings. The minimum Gasteiger partial charge on any atom is -0.507 e. The lowest BCUT2D eigenvalue weighted by atomic mass is 9.91. The number of carbonyl (C=O) groups excluding carboxylic acids is 3. The molecule has 4 N–H and O–H groups in total. The van der Waals surface area contributed by atoms with Crippen LogP contribution in [0.5, 0.6) is 11.6 Å². The van der Waals surface area contributed by atoms with E-state index in [9.17, 15) is 24.6 Å². The van der Waals surface area contributed by atoms with Crippen LogP contribution in [0.25, 0.3) is 21.7 Å². The maximum Gasteiger partial charge on any atom is 0.263 e. The predicted molar refractivity (Wildman–Crippen MR) is 249 cm³/mol. The van der Waals surface area contributed by atoms with Gasteiger partial charge in [0, 0.05) is 69.9 Å². The highest BCUT2D eigenvalue weighted by Gasteiger charge is 2.44. The zero-order valence-corrected chi connectivity index (χ0v) is 38.8. The average molecular weight is 919 g/mol. The number of phenols is 1. The molecule has 17 nitrogen and oxygen atoms in total. The Morgan fingerprint density at radius 3 is 2.44 bits per heavy atom. The predicted octanol–water partition coefficient (Wildman–Crippen LogP) is 5.22. The molecule has 7 heterocycles. The van der Waals surface area contributed by atoms with E-state index in [4.69, 9.17) is 9.26 Å². The first kappa shape index (κ1) is 45.1. The molecule has 0 radical (unpaired) electrons. The Morgan fingerprint density at radius 2 is 1.71 bits per heavy atom. The van der Waals surface area contributed by atoms with Crippen LogP contribution >= 0.6 is 11.3 Å². The lowest BCUT2D eigenvalue weighted by Crippen LogP contribution is -2.61.